The topological polar surface area (TPSA) is 21.3 Å². The van der Waals surface area contributed by atoms with Crippen molar-refractivity contribution >= 4 is 11.8 Å². The first-order chi connectivity index (χ1) is 4.66. The molecule has 0 spiro atoms. The molecule has 0 saturated carbocycles. The highest BCUT2D eigenvalue weighted by Gasteiger charge is 2.27. The number of allylic oxidation sites excluding steroid dienone is 1. The Hall–Kier alpha value is -0.150. The second kappa shape index (κ2) is 2.84. The minimum Gasteiger partial charge on any atom is -0.270 e. The molecule has 10 heavy (non-hydrogen) atoms. The molecule has 0 fully saturated rings. The van der Waals surface area contributed by atoms with E-state index >= 15 is 0 Å². The van der Waals surface area contributed by atoms with Crippen molar-refractivity contribution in [3.8, 4) is 0 Å². The summed E-state index contributed by atoms with van der Waals surface area (Å²) >= 11 is 1.78. The Bertz CT molecular complexity index is 158. The number of hydroxylamine groups is 1. The normalized spacial score (nSPS) is 31.7. The number of hydrogen-bond donors (Lipinski definition) is 1. The van der Waals surface area contributed by atoms with Gasteiger partial charge in [0.15, 0.2) is 4.93 Å². The summed E-state index contributed by atoms with van der Waals surface area (Å²) in [6.45, 7) is 6.19. The summed E-state index contributed by atoms with van der Waals surface area (Å²) in [6.07, 6.45) is 2.10. The molecule has 0 amide bonds. The van der Waals surface area contributed by atoms with Crippen LogP contribution in [-0.2, 0) is 4.84 Å². The van der Waals surface area contributed by atoms with Gasteiger partial charge in [-0.15, -0.1) is 11.8 Å². The van der Waals surface area contributed by atoms with Gasteiger partial charge >= 0.3 is 0 Å². The molecule has 0 saturated heterocycles. The van der Waals surface area contributed by atoms with Crippen molar-refractivity contribution in [2.45, 2.75) is 25.7 Å². The smallest absolute Gasteiger partial charge is 0.158 e. The van der Waals surface area contributed by atoms with Crippen molar-refractivity contribution in [2.75, 3.05) is 5.75 Å². The van der Waals surface area contributed by atoms with E-state index in [1.54, 1.807) is 11.8 Å². The van der Waals surface area contributed by atoms with Crippen molar-refractivity contribution in [1.82, 2.24) is 5.48 Å². The molecule has 1 aliphatic heterocycles. The molecule has 0 radical (unpaired) electrons. The summed E-state index contributed by atoms with van der Waals surface area (Å²) in [6, 6.07) is 0. The van der Waals surface area contributed by atoms with E-state index in [4.69, 9.17) is 4.84 Å². The maximum atomic E-state index is 5.31. The molecule has 0 aromatic rings. The maximum absolute atomic E-state index is 5.31. The van der Waals surface area contributed by atoms with Crippen molar-refractivity contribution < 1.29 is 4.84 Å². The van der Waals surface area contributed by atoms with Gasteiger partial charge in [0.05, 0.1) is 0 Å². The van der Waals surface area contributed by atoms with E-state index in [0.29, 0.717) is 0 Å². The fraction of sp³-hybridized carbons (Fsp3) is 0.714. The zero-order valence-electron chi connectivity index (χ0n) is 6.60. The highest BCUT2D eigenvalue weighted by molar-refractivity contribution is 8.00. The molecule has 0 bridgehead atoms. The minimum absolute atomic E-state index is 0.140. The van der Waals surface area contributed by atoms with Crippen molar-refractivity contribution in [3.05, 3.63) is 11.8 Å². The van der Waals surface area contributed by atoms with E-state index in [9.17, 15) is 0 Å². The molecule has 1 rings (SSSR count). The van der Waals surface area contributed by atoms with E-state index in [1.165, 1.54) is 0 Å². The van der Waals surface area contributed by atoms with Crippen LogP contribution in [0.4, 0.5) is 0 Å². The highest BCUT2D eigenvalue weighted by atomic mass is 32.2. The minimum atomic E-state index is -0.140. The summed E-state index contributed by atoms with van der Waals surface area (Å²) in [5, 5.41) is 0. The predicted octanol–water partition coefficient (Wildman–Crippen LogP) is 1.89. The summed E-state index contributed by atoms with van der Waals surface area (Å²) < 4.78 is 0. The lowest BCUT2D eigenvalue weighted by Crippen LogP contribution is -2.21. The van der Waals surface area contributed by atoms with E-state index in [0.717, 1.165) is 11.4 Å². The van der Waals surface area contributed by atoms with Gasteiger partial charge in [-0.3, -0.25) is 10.3 Å². The van der Waals surface area contributed by atoms with E-state index in [1.807, 2.05) is 6.92 Å². The van der Waals surface area contributed by atoms with Crippen LogP contribution in [-0.4, -0.2) is 10.7 Å². The average Bonchev–Trinajstić information content (AvgIpc) is 2.12. The highest BCUT2D eigenvalue weighted by Crippen LogP contribution is 2.31. The molecule has 0 aromatic carbocycles. The molecule has 58 valence electrons. The van der Waals surface area contributed by atoms with Gasteiger partial charge in [-0.2, -0.15) is 0 Å². The van der Waals surface area contributed by atoms with Gasteiger partial charge in [-0.05, 0) is 25.7 Å². The molecule has 1 atom stereocenters. The van der Waals surface area contributed by atoms with Crippen LogP contribution >= 0.6 is 11.8 Å². The van der Waals surface area contributed by atoms with Gasteiger partial charge in [0.2, 0.25) is 0 Å². The standard InChI is InChI=1S/C7H13NOS/c1-4-10-7(3)5-6(2)8-9-7/h5,8H,4H2,1-3H3. The van der Waals surface area contributed by atoms with E-state index < -0.39 is 0 Å². The lowest BCUT2D eigenvalue weighted by molar-refractivity contribution is 0.0313. The van der Waals surface area contributed by atoms with Gasteiger partial charge in [-0.25, -0.2) is 0 Å². The third-order valence-corrected chi connectivity index (χ3v) is 2.39. The summed E-state index contributed by atoms with van der Waals surface area (Å²) in [5.41, 5.74) is 3.94. The van der Waals surface area contributed by atoms with Crippen LogP contribution < -0.4 is 5.48 Å². The second-order valence-electron chi connectivity index (χ2n) is 2.48. The first kappa shape index (κ1) is 7.95. The maximum Gasteiger partial charge on any atom is 0.158 e. The monoisotopic (exact) mass is 159 g/mol. The third-order valence-electron chi connectivity index (χ3n) is 1.32. The van der Waals surface area contributed by atoms with Gasteiger partial charge in [0.25, 0.3) is 0 Å². The molecule has 1 unspecified atom stereocenters. The van der Waals surface area contributed by atoms with Crippen LogP contribution in [0.25, 0.3) is 0 Å². The van der Waals surface area contributed by atoms with E-state index in [-0.39, 0.29) is 4.93 Å². The zero-order chi connectivity index (χ0) is 7.61. The van der Waals surface area contributed by atoms with Crippen LogP contribution in [0, 0.1) is 0 Å². The van der Waals surface area contributed by atoms with Crippen LogP contribution in [0.3, 0.4) is 0 Å². The molecule has 1 N–H and O–H groups in total. The van der Waals surface area contributed by atoms with E-state index in [2.05, 4.69) is 25.4 Å². The van der Waals surface area contributed by atoms with Crippen LogP contribution in [0.1, 0.15) is 20.8 Å². The van der Waals surface area contributed by atoms with Gasteiger partial charge in [0, 0.05) is 5.70 Å². The van der Waals surface area contributed by atoms with Gasteiger partial charge in [-0.1, -0.05) is 6.92 Å². The number of nitrogens with one attached hydrogen (secondary N) is 1. The summed E-state index contributed by atoms with van der Waals surface area (Å²) in [4.78, 5) is 5.17. The summed E-state index contributed by atoms with van der Waals surface area (Å²) in [7, 11) is 0. The summed E-state index contributed by atoms with van der Waals surface area (Å²) in [5.74, 6) is 1.07. The number of thioether (sulfide) groups is 1. The van der Waals surface area contributed by atoms with Crippen molar-refractivity contribution in [1.29, 1.82) is 0 Å². The Kier molecular flexibility index (Phi) is 2.26. The first-order valence-electron chi connectivity index (χ1n) is 3.44. The molecule has 1 heterocycles. The SMILES string of the molecule is CCSC1(C)C=C(C)NO1. The first-order valence-corrected chi connectivity index (χ1v) is 4.42. The Labute approximate surface area is 66.0 Å². The predicted molar refractivity (Wildman–Crippen MR) is 44.5 cm³/mol. The van der Waals surface area contributed by atoms with Gasteiger partial charge in [0.1, 0.15) is 0 Å². The van der Waals surface area contributed by atoms with Crippen molar-refractivity contribution in [2.24, 2.45) is 0 Å². The number of hydrogen-bond acceptors (Lipinski definition) is 3. The Balaban J connectivity index is 2.54. The Morgan fingerprint density at radius 1 is 1.80 bits per heavy atom. The average molecular weight is 159 g/mol. The molecular weight excluding hydrogens is 146 g/mol. The quantitative estimate of drug-likeness (QED) is 0.665. The van der Waals surface area contributed by atoms with Crippen LogP contribution in [0.15, 0.2) is 11.8 Å². The Morgan fingerprint density at radius 3 is 2.90 bits per heavy atom. The molecule has 0 aliphatic carbocycles. The molecule has 0 aromatic heterocycles. The molecule has 1 aliphatic rings. The molecule has 2 nitrogen and oxygen atoms in total. The fourth-order valence-corrected chi connectivity index (χ4v) is 1.93. The lowest BCUT2D eigenvalue weighted by Gasteiger charge is -2.17. The second-order valence-corrected chi connectivity index (χ2v) is 4.16. The fourth-order valence-electron chi connectivity index (χ4n) is 0.992. The van der Waals surface area contributed by atoms with Crippen molar-refractivity contribution in [3.63, 3.8) is 0 Å². The molecular formula is C7H13NOS. The Morgan fingerprint density at radius 2 is 2.50 bits per heavy atom. The van der Waals surface area contributed by atoms with Crippen LogP contribution in [0.2, 0.25) is 0 Å². The number of rotatable bonds is 2. The lowest BCUT2D eigenvalue weighted by atomic mass is 10.3. The molecule has 3 heteroatoms. The third kappa shape index (κ3) is 1.67. The van der Waals surface area contributed by atoms with Crippen LogP contribution in [0.5, 0.6) is 0 Å². The zero-order valence-corrected chi connectivity index (χ0v) is 7.42. The largest absolute Gasteiger partial charge is 0.270 e. The van der Waals surface area contributed by atoms with Gasteiger partial charge < -0.3 is 0 Å².